The van der Waals surface area contributed by atoms with Crippen LogP contribution in [0.15, 0.2) is 36.7 Å². The molecule has 8 nitrogen and oxygen atoms in total. The van der Waals surface area contributed by atoms with E-state index in [1.165, 1.54) is 0 Å². The van der Waals surface area contributed by atoms with E-state index in [1.807, 2.05) is 31.3 Å². The first-order chi connectivity index (χ1) is 12.7. The SMILES string of the molecule is CCNC(=O)Nc1nc2cc(-c3cccnc3)cc(N3CCCC3)n2n1. The van der Waals surface area contributed by atoms with E-state index in [9.17, 15) is 4.79 Å². The molecule has 0 aromatic carbocycles. The Kier molecular flexibility index (Phi) is 4.39. The Balaban J connectivity index is 1.79. The van der Waals surface area contributed by atoms with Crippen LogP contribution in [0.5, 0.6) is 0 Å². The fraction of sp³-hybridized carbons (Fsp3) is 0.333. The molecule has 1 aliphatic rings. The molecule has 0 spiro atoms. The highest BCUT2D eigenvalue weighted by Crippen LogP contribution is 2.28. The van der Waals surface area contributed by atoms with Gasteiger partial charge in [0.05, 0.1) is 0 Å². The van der Waals surface area contributed by atoms with Crippen molar-refractivity contribution in [3.05, 3.63) is 36.7 Å². The molecule has 4 rings (SSSR count). The first-order valence-electron chi connectivity index (χ1n) is 8.85. The minimum atomic E-state index is -0.307. The number of nitrogens with zero attached hydrogens (tertiary/aromatic N) is 5. The van der Waals surface area contributed by atoms with E-state index in [4.69, 9.17) is 0 Å². The van der Waals surface area contributed by atoms with Crippen molar-refractivity contribution in [3.63, 3.8) is 0 Å². The minimum Gasteiger partial charge on any atom is -0.356 e. The monoisotopic (exact) mass is 351 g/mol. The number of urea groups is 1. The van der Waals surface area contributed by atoms with Gasteiger partial charge in [-0.15, -0.1) is 5.10 Å². The Morgan fingerprint density at radius 1 is 1.23 bits per heavy atom. The van der Waals surface area contributed by atoms with Crippen LogP contribution < -0.4 is 15.5 Å². The molecule has 26 heavy (non-hydrogen) atoms. The second-order valence-corrected chi connectivity index (χ2v) is 6.23. The summed E-state index contributed by atoms with van der Waals surface area (Å²) in [5.74, 6) is 1.27. The molecule has 0 unspecified atom stereocenters. The number of hydrogen-bond acceptors (Lipinski definition) is 5. The maximum Gasteiger partial charge on any atom is 0.321 e. The third-order valence-corrected chi connectivity index (χ3v) is 4.41. The summed E-state index contributed by atoms with van der Waals surface area (Å²) < 4.78 is 1.80. The summed E-state index contributed by atoms with van der Waals surface area (Å²) in [5.41, 5.74) is 2.75. The van der Waals surface area contributed by atoms with Gasteiger partial charge in [-0.25, -0.2) is 4.79 Å². The normalized spacial score (nSPS) is 14.0. The first-order valence-corrected chi connectivity index (χ1v) is 8.85. The number of carbonyl (C=O) groups excluding carboxylic acids is 1. The van der Waals surface area contributed by atoms with Crippen molar-refractivity contribution in [2.24, 2.45) is 0 Å². The van der Waals surface area contributed by atoms with E-state index in [1.54, 1.807) is 10.7 Å². The van der Waals surface area contributed by atoms with Crippen molar-refractivity contribution in [3.8, 4) is 11.1 Å². The molecule has 1 fully saturated rings. The largest absolute Gasteiger partial charge is 0.356 e. The molecular weight excluding hydrogens is 330 g/mol. The van der Waals surface area contributed by atoms with Crippen LogP contribution in [0.2, 0.25) is 0 Å². The quantitative estimate of drug-likeness (QED) is 0.754. The third kappa shape index (κ3) is 3.17. The van der Waals surface area contributed by atoms with E-state index in [0.29, 0.717) is 18.1 Å². The second-order valence-electron chi connectivity index (χ2n) is 6.23. The summed E-state index contributed by atoms with van der Waals surface area (Å²) in [6.45, 7) is 4.39. The van der Waals surface area contributed by atoms with Gasteiger partial charge < -0.3 is 10.2 Å². The van der Waals surface area contributed by atoms with Crippen LogP contribution in [-0.4, -0.2) is 45.2 Å². The summed E-state index contributed by atoms with van der Waals surface area (Å²) in [7, 11) is 0. The van der Waals surface area contributed by atoms with E-state index in [2.05, 4.69) is 36.7 Å². The molecule has 0 radical (unpaired) electrons. The lowest BCUT2D eigenvalue weighted by molar-refractivity contribution is 0.252. The van der Waals surface area contributed by atoms with Crippen LogP contribution in [0, 0.1) is 0 Å². The fourth-order valence-corrected chi connectivity index (χ4v) is 3.20. The van der Waals surface area contributed by atoms with Crippen molar-refractivity contribution in [1.82, 2.24) is 24.9 Å². The number of rotatable bonds is 4. The Morgan fingerprint density at radius 3 is 2.81 bits per heavy atom. The van der Waals surface area contributed by atoms with Crippen LogP contribution in [0.3, 0.4) is 0 Å². The van der Waals surface area contributed by atoms with Crippen LogP contribution in [0.4, 0.5) is 16.6 Å². The van der Waals surface area contributed by atoms with Crippen LogP contribution in [-0.2, 0) is 0 Å². The average molecular weight is 351 g/mol. The van der Waals surface area contributed by atoms with Crippen LogP contribution in [0.1, 0.15) is 19.8 Å². The maximum absolute atomic E-state index is 11.8. The number of fused-ring (bicyclic) bond motifs is 1. The lowest BCUT2D eigenvalue weighted by atomic mass is 10.1. The number of carbonyl (C=O) groups is 1. The molecule has 1 saturated heterocycles. The van der Waals surface area contributed by atoms with Gasteiger partial charge in [0.1, 0.15) is 5.82 Å². The highest BCUT2D eigenvalue weighted by molar-refractivity contribution is 5.87. The standard InChI is InChI=1S/C18H21N7O/c1-2-20-18(26)22-17-21-15-10-14(13-6-5-7-19-12-13)11-16(25(15)23-17)24-8-3-4-9-24/h5-7,10-12H,2-4,8-9H2,1H3,(H2,20,22,23,26). The number of hydrogen-bond donors (Lipinski definition) is 2. The number of anilines is 2. The molecule has 0 bridgehead atoms. The van der Waals surface area contributed by atoms with Crippen molar-refractivity contribution in [1.29, 1.82) is 0 Å². The van der Waals surface area contributed by atoms with Gasteiger partial charge in [-0.1, -0.05) is 6.07 Å². The first kappa shape index (κ1) is 16.3. The molecule has 134 valence electrons. The molecule has 0 saturated carbocycles. The Morgan fingerprint density at radius 2 is 2.08 bits per heavy atom. The third-order valence-electron chi connectivity index (χ3n) is 4.41. The van der Waals surface area contributed by atoms with Gasteiger partial charge in [0.2, 0.25) is 0 Å². The van der Waals surface area contributed by atoms with Gasteiger partial charge in [-0.3, -0.25) is 10.3 Å². The summed E-state index contributed by atoms with van der Waals surface area (Å²) >= 11 is 0. The Labute approximate surface area is 151 Å². The smallest absolute Gasteiger partial charge is 0.321 e. The maximum atomic E-state index is 11.8. The topological polar surface area (TPSA) is 87.4 Å². The zero-order valence-electron chi connectivity index (χ0n) is 14.6. The minimum absolute atomic E-state index is 0.291. The van der Waals surface area contributed by atoms with Gasteiger partial charge in [0.15, 0.2) is 5.65 Å². The molecule has 3 aromatic rings. The van der Waals surface area contributed by atoms with Gasteiger partial charge in [-0.2, -0.15) is 9.50 Å². The average Bonchev–Trinajstić information content (AvgIpc) is 3.31. The fourth-order valence-electron chi connectivity index (χ4n) is 3.20. The van der Waals surface area contributed by atoms with Gasteiger partial charge >= 0.3 is 6.03 Å². The van der Waals surface area contributed by atoms with E-state index < -0.39 is 0 Å². The van der Waals surface area contributed by atoms with Crippen molar-refractivity contribution < 1.29 is 4.79 Å². The van der Waals surface area contributed by atoms with E-state index in [0.717, 1.165) is 42.9 Å². The summed E-state index contributed by atoms with van der Waals surface area (Å²) in [5, 5.41) is 9.86. The Bertz CT molecular complexity index is 916. The van der Waals surface area contributed by atoms with Crippen molar-refractivity contribution >= 4 is 23.4 Å². The molecule has 3 aromatic heterocycles. The summed E-state index contributed by atoms with van der Waals surface area (Å²) in [4.78, 5) is 22.8. The van der Waals surface area contributed by atoms with E-state index >= 15 is 0 Å². The highest BCUT2D eigenvalue weighted by atomic mass is 16.2. The molecular formula is C18H21N7O. The molecule has 0 aliphatic carbocycles. The summed E-state index contributed by atoms with van der Waals surface area (Å²) in [6.07, 6.45) is 5.92. The lowest BCUT2D eigenvalue weighted by Crippen LogP contribution is -2.28. The van der Waals surface area contributed by atoms with E-state index in [-0.39, 0.29) is 6.03 Å². The molecule has 8 heteroatoms. The summed E-state index contributed by atoms with van der Waals surface area (Å²) in [6, 6.07) is 7.71. The number of amides is 2. The lowest BCUT2D eigenvalue weighted by Gasteiger charge is -2.19. The predicted molar refractivity (Wildman–Crippen MR) is 100 cm³/mol. The molecule has 1 aliphatic heterocycles. The predicted octanol–water partition coefficient (Wildman–Crippen LogP) is 2.53. The van der Waals surface area contributed by atoms with Crippen LogP contribution >= 0.6 is 0 Å². The van der Waals surface area contributed by atoms with Crippen molar-refractivity contribution in [2.45, 2.75) is 19.8 Å². The molecule has 2 N–H and O–H groups in total. The zero-order valence-corrected chi connectivity index (χ0v) is 14.6. The zero-order chi connectivity index (χ0) is 17.9. The number of nitrogens with one attached hydrogen (secondary N) is 2. The van der Waals surface area contributed by atoms with Gasteiger partial charge in [-0.05, 0) is 43.5 Å². The van der Waals surface area contributed by atoms with Gasteiger partial charge in [0, 0.05) is 37.6 Å². The molecule has 4 heterocycles. The molecule has 0 atom stereocenters. The van der Waals surface area contributed by atoms with Crippen molar-refractivity contribution in [2.75, 3.05) is 29.9 Å². The van der Waals surface area contributed by atoms with Crippen LogP contribution in [0.25, 0.3) is 16.8 Å². The number of aromatic nitrogens is 4. The number of pyridine rings is 2. The Hall–Kier alpha value is -3.16. The second kappa shape index (κ2) is 6.99. The highest BCUT2D eigenvalue weighted by Gasteiger charge is 2.19. The van der Waals surface area contributed by atoms with Gasteiger partial charge in [0.25, 0.3) is 5.95 Å². The molecule has 2 amide bonds.